The van der Waals surface area contributed by atoms with Crippen molar-refractivity contribution in [3.63, 3.8) is 0 Å². The molecule has 0 saturated heterocycles. The van der Waals surface area contributed by atoms with E-state index in [4.69, 9.17) is 21.1 Å². The Morgan fingerprint density at radius 2 is 2.02 bits per heavy atom. The lowest BCUT2D eigenvalue weighted by atomic mass is 9.68. The number of halogens is 2. The monoisotopic (exact) mass is 616 g/mol. The maximum atomic E-state index is 15.3. The number of hydrogen-bond acceptors (Lipinski definition) is 5. The van der Waals surface area contributed by atoms with Crippen molar-refractivity contribution in [3.8, 4) is 5.75 Å². The van der Waals surface area contributed by atoms with Gasteiger partial charge in [0.2, 0.25) is 0 Å². The van der Waals surface area contributed by atoms with E-state index in [1.54, 1.807) is 19.2 Å². The SMILES string of the molecule is CCCc1c(C2COc3ccc4cc3N(C2)CC2CCC2C(OC)/C(C)=C/CCC(C)[S+]([O-])NC4=O)ccc(Cl)c1F. The van der Waals surface area contributed by atoms with Crippen molar-refractivity contribution in [1.29, 1.82) is 0 Å². The van der Waals surface area contributed by atoms with Gasteiger partial charge in [-0.2, -0.15) is 4.72 Å². The fourth-order valence-electron chi connectivity index (χ4n) is 6.71. The van der Waals surface area contributed by atoms with Crippen LogP contribution in [0.25, 0.3) is 0 Å². The highest BCUT2D eigenvalue weighted by Crippen LogP contribution is 2.44. The first-order valence-corrected chi connectivity index (χ1v) is 16.7. The van der Waals surface area contributed by atoms with Crippen molar-refractivity contribution >= 4 is 34.6 Å². The summed E-state index contributed by atoms with van der Waals surface area (Å²) in [4.78, 5) is 15.5. The quantitative estimate of drug-likeness (QED) is 0.296. The largest absolute Gasteiger partial charge is 0.593 e. The lowest BCUT2D eigenvalue weighted by Crippen LogP contribution is -2.45. The van der Waals surface area contributed by atoms with Gasteiger partial charge in [0.25, 0.3) is 5.91 Å². The van der Waals surface area contributed by atoms with E-state index in [1.807, 2.05) is 32.0 Å². The predicted molar refractivity (Wildman–Crippen MR) is 167 cm³/mol. The number of carbonyl (C=O) groups is 1. The summed E-state index contributed by atoms with van der Waals surface area (Å²) in [5.74, 6) is 0.627. The lowest BCUT2D eigenvalue weighted by Gasteiger charge is -2.44. The van der Waals surface area contributed by atoms with Crippen LogP contribution in [0.4, 0.5) is 10.1 Å². The number of anilines is 1. The standard InChI is InChI=1S/C33H42ClFN2O4S/c1-5-7-27-25(13-14-28(34)31(27)35)24-18-37-17-23-10-12-26(23)32(40-4)20(2)8-6-9-21(3)42(39)36-33(38)22-11-15-30(41-19-24)29(37)16-22/h8,11,13-16,21,23-24,26,32H,5-7,9-10,12,17-19H2,1-4H3,(H,36,38)/b20-8+. The molecule has 1 aliphatic carbocycles. The molecule has 1 amide bonds. The number of nitrogens with zero attached hydrogens (tertiary/aromatic N) is 1. The van der Waals surface area contributed by atoms with Gasteiger partial charge in [-0.25, -0.2) is 4.39 Å². The Labute approximate surface area is 257 Å². The fraction of sp³-hybridized carbons (Fsp3) is 0.545. The van der Waals surface area contributed by atoms with Gasteiger partial charge in [-0.1, -0.05) is 37.1 Å². The van der Waals surface area contributed by atoms with Crippen LogP contribution in [0.15, 0.2) is 42.0 Å². The van der Waals surface area contributed by atoms with Gasteiger partial charge in [0, 0.05) is 38.1 Å². The Hall–Kier alpha value is -2.26. The molecular weight excluding hydrogens is 575 g/mol. The average molecular weight is 617 g/mol. The van der Waals surface area contributed by atoms with E-state index in [0.29, 0.717) is 54.7 Å². The minimum absolute atomic E-state index is 0.0171. The van der Waals surface area contributed by atoms with Gasteiger partial charge in [-0.05, 0) is 92.3 Å². The van der Waals surface area contributed by atoms with Crippen molar-refractivity contribution in [3.05, 3.63) is 69.5 Å². The minimum Gasteiger partial charge on any atom is -0.593 e. The van der Waals surface area contributed by atoms with Crippen molar-refractivity contribution in [2.75, 3.05) is 31.7 Å². The molecule has 6 nitrogen and oxygen atoms in total. The molecule has 2 heterocycles. The maximum absolute atomic E-state index is 15.3. The molecule has 228 valence electrons. The summed E-state index contributed by atoms with van der Waals surface area (Å²) in [5.41, 5.74) is 4.03. The number of rotatable bonds is 4. The first-order valence-electron chi connectivity index (χ1n) is 15.1. The number of methoxy groups -OCH3 is 1. The summed E-state index contributed by atoms with van der Waals surface area (Å²) < 4.78 is 43.4. The van der Waals surface area contributed by atoms with Crippen LogP contribution in [0, 0.1) is 17.7 Å². The van der Waals surface area contributed by atoms with Crippen LogP contribution in [0.1, 0.15) is 80.3 Å². The molecule has 6 unspecified atom stereocenters. The molecule has 2 aromatic carbocycles. The van der Waals surface area contributed by atoms with E-state index in [0.717, 1.165) is 43.5 Å². The second-order valence-corrected chi connectivity index (χ2v) is 14.0. The van der Waals surface area contributed by atoms with Crippen molar-refractivity contribution in [2.24, 2.45) is 11.8 Å². The van der Waals surface area contributed by atoms with Gasteiger partial charge in [0.1, 0.15) is 16.8 Å². The zero-order valence-electron chi connectivity index (χ0n) is 25.0. The first kappa shape index (κ1) is 31.2. The van der Waals surface area contributed by atoms with E-state index in [9.17, 15) is 9.35 Å². The number of ether oxygens (including phenoxy) is 2. The second-order valence-electron chi connectivity index (χ2n) is 12.0. The zero-order chi connectivity index (χ0) is 30.0. The van der Waals surface area contributed by atoms with Crippen LogP contribution in [0.2, 0.25) is 5.02 Å². The fourth-order valence-corrected chi connectivity index (χ4v) is 7.74. The summed E-state index contributed by atoms with van der Waals surface area (Å²) in [5, 5.41) is -0.0550. The van der Waals surface area contributed by atoms with E-state index >= 15 is 4.39 Å². The van der Waals surface area contributed by atoms with Gasteiger partial charge in [0.05, 0.1) is 34.8 Å². The van der Waals surface area contributed by atoms with Crippen LogP contribution < -0.4 is 14.4 Å². The van der Waals surface area contributed by atoms with Gasteiger partial charge in [-0.3, -0.25) is 4.79 Å². The van der Waals surface area contributed by atoms with Gasteiger partial charge >= 0.3 is 0 Å². The second kappa shape index (κ2) is 13.6. The van der Waals surface area contributed by atoms with Crippen LogP contribution >= 0.6 is 11.6 Å². The Morgan fingerprint density at radius 1 is 1.21 bits per heavy atom. The Morgan fingerprint density at radius 3 is 2.74 bits per heavy atom. The van der Waals surface area contributed by atoms with E-state index in [1.165, 1.54) is 5.57 Å². The third-order valence-electron chi connectivity index (χ3n) is 9.24. The van der Waals surface area contributed by atoms with Crippen molar-refractivity contribution in [2.45, 2.75) is 76.6 Å². The number of allylic oxidation sites excluding steroid dienone is 1. The Kier molecular flexibility index (Phi) is 10.1. The average Bonchev–Trinajstić information content (AvgIpc) is 3.14. The molecular formula is C33H42ClFN2O4S. The van der Waals surface area contributed by atoms with Gasteiger partial charge in [0.15, 0.2) is 0 Å². The minimum atomic E-state index is -1.52. The molecule has 42 heavy (non-hydrogen) atoms. The van der Waals surface area contributed by atoms with Gasteiger partial charge < -0.3 is 18.9 Å². The summed E-state index contributed by atoms with van der Waals surface area (Å²) in [7, 11) is 1.78. The van der Waals surface area contributed by atoms with Crippen molar-refractivity contribution in [1.82, 2.24) is 4.72 Å². The molecule has 1 saturated carbocycles. The van der Waals surface area contributed by atoms with Gasteiger partial charge in [-0.15, -0.1) is 0 Å². The number of nitrogens with one attached hydrogen (secondary N) is 1. The number of amides is 1. The highest BCUT2D eigenvalue weighted by atomic mass is 35.5. The highest BCUT2D eigenvalue weighted by molar-refractivity contribution is 7.90. The van der Waals surface area contributed by atoms with Crippen LogP contribution in [-0.2, 0) is 22.5 Å². The molecule has 1 N–H and O–H groups in total. The normalized spacial score (nSPS) is 29.7. The van der Waals surface area contributed by atoms with Crippen LogP contribution in [0.5, 0.6) is 5.75 Å². The van der Waals surface area contributed by atoms with Crippen LogP contribution in [-0.4, -0.2) is 48.6 Å². The maximum Gasteiger partial charge on any atom is 0.292 e. The summed E-state index contributed by atoms with van der Waals surface area (Å²) in [6, 6.07) is 8.98. The molecule has 0 aromatic heterocycles. The molecule has 2 aliphatic heterocycles. The lowest BCUT2D eigenvalue weighted by molar-refractivity contribution is 0.00645. The number of hydrogen-bond donors (Lipinski definition) is 1. The summed E-state index contributed by atoms with van der Waals surface area (Å²) >= 11 is 4.68. The smallest absolute Gasteiger partial charge is 0.292 e. The molecule has 9 heteroatoms. The zero-order valence-corrected chi connectivity index (χ0v) is 26.5. The van der Waals surface area contributed by atoms with Crippen LogP contribution in [0.3, 0.4) is 0 Å². The summed E-state index contributed by atoms with van der Waals surface area (Å²) in [6.07, 6.45) is 7.25. The highest BCUT2D eigenvalue weighted by Gasteiger charge is 2.40. The third-order valence-corrected chi connectivity index (χ3v) is 10.9. The molecule has 5 rings (SSSR count). The third kappa shape index (κ3) is 6.47. The number of carbonyl (C=O) groups excluding carboxylic acids is 1. The topological polar surface area (TPSA) is 73.9 Å². The molecule has 3 aliphatic rings. The predicted octanol–water partition coefficient (Wildman–Crippen LogP) is 6.98. The first-order chi connectivity index (χ1) is 20.2. The molecule has 2 aromatic rings. The van der Waals surface area contributed by atoms with E-state index in [2.05, 4.69) is 22.6 Å². The Balaban J connectivity index is 1.55. The number of fused-ring (bicyclic) bond motifs is 2. The molecule has 6 atom stereocenters. The van der Waals surface area contributed by atoms with E-state index in [-0.39, 0.29) is 34.0 Å². The van der Waals surface area contributed by atoms with Crippen molar-refractivity contribution < 1.29 is 23.2 Å². The summed E-state index contributed by atoms with van der Waals surface area (Å²) in [6.45, 7) is 7.81. The molecule has 1 fully saturated rings. The molecule has 0 spiro atoms. The Bertz CT molecular complexity index is 1320. The number of benzene rings is 2. The molecule has 0 radical (unpaired) electrons. The van der Waals surface area contributed by atoms with E-state index < -0.39 is 11.4 Å². The molecule has 2 bridgehead atoms.